The molecule has 0 spiro atoms. The number of nitrogens with zero attached hydrogens (tertiary/aromatic N) is 2. The Labute approximate surface area is 149 Å². The van der Waals surface area contributed by atoms with Gasteiger partial charge in [-0.3, -0.25) is 9.78 Å². The van der Waals surface area contributed by atoms with E-state index in [1.807, 2.05) is 49.9 Å². The second-order valence-corrected chi connectivity index (χ2v) is 7.26. The molecule has 5 heteroatoms. The number of piperidine rings is 1. The van der Waals surface area contributed by atoms with Gasteiger partial charge in [0.05, 0.1) is 17.5 Å². The topological polar surface area (TPSA) is 68.5 Å². The number of benzene rings is 1. The predicted octanol–water partition coefficient (Wildman–Crippen LogP) is 3.40. The fourth-order valence-corrected chi connectivity index (χ4v) is 3.52. The molecule has 1 aliphatic rings. The number of ether oxygens (including phenoxy) is 1. The van der Waals surface area contributed by atoms with Gasteiger partial charge in [-0.25, -0.2) is 0 Å². The molecule has 1 unspecified atom stereocenters. The van der Waals surface area contributed by atoms with Crippen LogP contribution in [0.5, 0.6) is 5.75 Å². The van der Waals surface area contributed by atoms with Gasteiger partial charge in [-0.2, -0.15) is 0 Å². The first-order valence-corrected chi connectivity index (χ1v) is 9.03. The molecule has 0 aliphatic carbocycles. The minimum atomic E-state index is 0.0480. The number of aryl methyl sites for hydroxylation is 1. The Hall–Kier alpha value is -2.30. The van der Waals surface area contributed by atoms with Crippen molar-refractivity contribution in [3.63, 3.8) is 0 Å². The summed E-state index contributed by atoms with van der Waals surface area (Å²) >= 11 is 0. The van der Waals surface area contributed by atoms with Gasteiger partial charge in [0.15, 0.2) is 0 Å². The van der Waals surface area contributed by atoms with Crippen molar-refractivity contribution in [3.05, 3.63) is 30.0 Å². The van der Waals surface area contributed by atoms with E-state index in [-0.39, 0.29) is 11.8 Å². The van der Waals surface area contributed by atoms with Crippen molar-refractivity contribution >= 4 is 22.5 Å². The summed E-state index contributed by atoms with van der Waals surface area (Å²) in [7, 11) is 0. The molecular weight excluding hydrogens is 314 g/mol. The molecule has 2 N–H and O–H groups in total. The number of pyridine rings is 1. The molecule has 1 aliphatic heterocycles. The zero-order valence-electron chi connectivity index (χ0n) is 15.3. The Balaban J connectivity index is 1.72. The van der Waals surface area contributed by atoms with E-state index in [0.717, 1.165) is 48.3 Å². The lowest BCUT2D eigenvalue weighted by Gasteiger charge is -2.33. The van der Waals surface area contributed by atoms with Gasteiger partial charge in [0, 0.05) is 36.3 Å². The van der Waals surface area contributed by atoms with Crippen LogP contribution in [0.1, 0.15) is 32.4 Å². The van der Waals surface area contributed by atoms with Gasteiger partial charge < -0.3 is 15.4 Å². The first-order valence-electron chi connectivity index (χ1n) is 9.03. The minimum absolute atomic E-state index is 0.0480. The molecule has 0 bridgehead atoms. The molecule has 2 heterocycles. The van der Waals surface area contributed by atoms with Crippen molar-refractivity contribution in [1.82, 2.24) is 9.88 Å². The third-order valence-corrected chi connectivity index (χ3v) is 4.75. The fourth-order valence-electron chi connectivity index (χ4n) is 3.52. The molecule has 5 nitrogen and oxygen atoms in total. The lowest BCUT2D eigenvalue weighted by Crippen LogP contribution is -2.43. The number of carbonyl (C=O) groups excluding carboxylic acids is 1. The minimum Gasteiger partial charge on any atom is -0.492 e. The van der Waals surface area contributed by atoms with Crippen molar-refractivity contribution in [2.24, 2.45) is 11.8 Å². The summed E-state index contributed by atoms with van der Waals surface area (Å²) in [6.45, 7) is 8.07. The van der Waals surface area contributed by atoms with E-state index >= 15 is 0 Å². The van der Waals surface area contributed by atoms with E-state index < -0.39 is 0 Å². The third kappa shape index (κ3) is 3.86. The third-order valence-electron chi connectivity index (χ3n) is 4.75. The zero-order chi connectivity index (χ0) is 18.0. The van der Waals surface area contributed by atoms with Gasteiger partial charge >= 0.3 is 0 Å². The second kappa shape index (κ2) is 7.30. The molecule has 3 rings (SSSR count). The number of nitrogens with two attached hydrogens (primary N) is 1. The number of fused-ring (bicyclic) bond motifs is 1. The average Bonchev–Trinajstić information content (AvgIpc) is 2.58. The smallest absolute Gasteiger partial charge is 0.225 e. The summed E-state index contributed by atoms with van der Waals surface area (Å²) < 4.78 is 6.11. The van der Waals surface area contributed by atoms with Crippen molar-refractivity contribution < 1.29 is 9.53 Å². The predicted molar refractivity (Wildman–Crippen MR) is 101 cm³/mol. The highest BCUT2D eigenvalue weighted by Gasteiger charge is 2.25. The van der Waals surface area contributed by atoms with Crippen LogP contribution in [0.15, 0.2) is 24.3 Å². The highest BCUT2D eigenvalue weighted by atomic mass is 16.5. The second-order valence-electron chi connectivity index (χ2n) is 7.26. The van der Waals surface area contributed by atoms with E-state index in [1.54, 1.807) is 0 Å². The molecule has 134 valence electrons. The summed E-state index contributed by atoms with van der Waals surface area (Å²) in [6, 6.07) is 7.71. The number of hydrogen-bond donors (Lipinski definition) is 1. The quantitative estimate of drug-likeness (QED) is 0.925. The molecule has 25 heavy (non-hydrogen) atoms. The van der Waals surface area contributed by atoms with Crippen LogP contribution in [0.4, 0.5) is 5.69 Å². The molecule has 0 saturated carbocycles. The van der Waals surface area contributed by atoms with E-state index in [9.17, 15) is 4.79 Å². The number of amides is 1. The Kier molecular flexibility index (Phi) is 5.11. The maximum absolute atomic E-state index is 12.2. The molecule has 1 atom stereocenters. The number of carbonyl (C=O) groups is 1. The van der Waals surface area contributed by atoms with Gasteiger partial charge in [0.25, 0.3) is 0 Å². The summed E-state index contributed by atoms with van der Waals surface area (Å²) in [5, 5.41) is 0.874. The lowest BCUT2D eigenvalue weighted by molar-refractivity contribution is -0.136. The maximum atomic E-state index is 12.2. The number of anilines is 1. The summed E-state index contributed by atoms with van der Waals surface area (Å²) in [6.07, 6.45) is 2.12. The normalized spacial score (nSPS) is 17.9. The van der Waals surface area contributed by atoms with Crippen molar-refractivity contribution in [1.29, 1.82) is 0 Å². The van der Waals surface area contributed by atoms with E-state index in [0.29, 0.717) is 18.2 Å². The largest absolute Gasteiger partial charge is 0.492 e. The molecule has 0 radical (unpaired) electrons. The SMILES string of the molecule is Cc1cc(N)c2c(OCC3CCCN(C(=O)C(C)C)C3)cccc2n1. The number of aromatic nitrogens is 1. The van der Waals surface area contributed by atoms with Gasteiger partial charge in [-0.1, -0.05) is 19.9 Å². The number of nitrogen functional groups attached to an aromatic ring is 1. The van der Waals surface area contributed by atoms with Crippen LogP contribution < -0.4 is 10.5 Å². The fraction of sp³-hybridized carbons (Fsp3) is 0.500. The Bertz CT molecular complexity index is 773. The first-order chi connectivity index (χ1) is 12.0. The number of hydrogen-bond acceptors (Lipinski definition) is 4. The molecule has 1 amide bonds. The standard InChI is InChI=1S/C20H27N3O2/c1-13(2)20(24)23-9-5-6-15(11-23)12-25-18-8-4-7-17-19(18)16(21)10-14(3)22-17/h4,7-8,10,13,15H,5-6,9,11-12H2,1-3H3,(H2,21,22). The number of rotatable bonds is 4. The monoisotopic (exact) mass is 341 g/mol. The van der Waals surface area contributed by atoms with Crippen LogP contribution in [-0.2, 0) is 4.79 Å². The van der Waals surface area contributed by atoms with Gasteiger partial charge in [-0.15, -0.1) is 0 Å². The lowest BCUT2D eigenvalue weighted by atomic mass is 9.97. The Morgan fingerprint density at radius 1 is 1.44 bits per heavy atom. The van der Waals surface area contributed by atoms with Crippen molar-refractivity contribution in [2.45, 2.75) is 33.6 Å². The molecule has 1 saturated heterocycles. The first kappa shape index (κ1) is 17.5. The van der Waals surface area contributed by atoms with E-state index in [4.69, 9.17) is 10.5 Å². The average molecular weight is 341 g/mol. The van der Waals surface area contributed by atoms with Gasteiger partial charge in [0.2, 0.25) is 5.91 Å². The highest BCUT2D eigenvalue weighted by molar-refractivity contribution is 5.95. The van der Waals surface area contributed by atoms with Crippen molar-refractivity contribution in [2.75, 3.05) is 25.4 Å². The molecule has 1 fully saturated rings. The molecule has 2 aromatic rings. The summed E-state index contributed by atoms with van der Waals surface area (Å²) in [5.41, 5.74) is 8.64. The highest BCUT2D eigenvalue weighted by Crippen LogP contribution is 2.31. The van der Waals surface area contributed by atoms with Crippen LogP contribution in [0.3, 0.4) is 0 Å². The molecule has 1 aromatic heterocycles. The van der Waals surface area contributed by atoms with Crippen LogP contribution in [0, 0.1) is 18.8 Å². The van der Waals surface area contributed by atoms with Crippen molar-refractivity contribution in [3.8, 4) is 5.75 Å². The van der Waals surface area contributed by atoms with E-state index in [1.165, 1.54) is 0 Å². The molecule has 1 aromatic carbocycles. The van der Waals surface area contributed by atoms with Gasteiger partial charge in [-0.05, 0) is 38.0 Å². The van der Waals surface area contributed by atoms with E-state index in [2.05, 4.69) is 4.98 Å². The van der Waals surface area contributed by atoms with Gasteiger partial charge in [0.1, 0.15) is 5.75 Å². The van der Waals surface area contributed by atoms with Crippen LogP contribution in [0.2, 0.25) is 0 Å². The van der Waals surface area contributed by atoms with Crippen LogP contribution in [-0.4, -0.2) is 35.5 Å². The Morgan fingerprint density at radius 2 is 2.24 bits per heavy atom. The zero-order valence-corrected chi connectivity index (χ0v) is 15.3. The Morgan fingerprint density at radius 3 is 3.00 bits per heavy atom. The summed E-state index contributed by atoms with van der Waals surface area (Å²) in [4.78, 5) is 18.7. The van der Waals surface area contributed by atoms with Crippen LogP contribution in [0.25, 0.3) is 10.9 Å². The summed E-state index contributed by atoms with van der Waals surface area (Å²) in [5.74, 6) is 1.41. The molecular formula is C20H27N3O2. The number of likely N-dealkylation sites (tertiary alicyclic amines) is 1. The van der Waals surface area contributed by atoms with Crippen LogP contribution >= 0.6 is 0 Å². The maximum Gasteiger partial charge on any atom is 0.225 e.